The predicted octanol–water partition coefficient (Wildman–Crippen LogP) is 7.24. The third-order valence-corrected chi connectivity index (χ3v) is 15.6. The molecule has 0 aliphatic carbocycles. The molecule has 2 unspecified atom stereocenters. The Labute approximate surface area is 431 Å². The molecule has 21 nitrogen and oxygen atoms in total. The summed E-state index contributed by atoms with van der Waals surface area (Å²) in [5, 5.41) is 57.4. The highest BCUT2D eigenvalue weighted by Gasteiger charge is 2.45. The lowest BCUT2D eigenvalue weighted by molar-refractivity contribution is -0.194. The van der Waals surface area contributed by atoms with E-state index in [0.717, 1.165) is 49.0 Å². The first-order valence-electron chi connectivity index (χ1n) is 26.5. The number of allylic oxidation sites excluding steroid dienone is 2. The average Bonchev–Trinajstić information content (AvgIpc) is 3.31. The summed E-state index contributed by atoms with van der Waals surface area (Å²) < 4.78 is 59.0. The summed E-state index contributed by atoms with van der Waals surface area (Å²) in [5.41, 5.74) is 4.78. The van der Waals surface area contributed by atoms with Gasteiger partial charge in [-0.2, -0.15) is 9.29 Å². The highest BCUT2D eigenvalue weighted by atomic mass is 31.3. The molecule has 1 aromatic heterocycles. The number of phosphoric ester groups is 2. The van der Waals surface area contributed by atoms with Crippen LogP contribution in [0.5, 0.6) is 0 Å². The highest BCUT2D eigenvalue weighted by Crippen LogP contribution is 2.60. The fourth-order valence-electron chi connectivity index (χ4n) is 8.77. The number of carbonyl (C=O) groups is 2. The average molecular weight is 1080 g/mol. The number of aromatic nitrogens is 2. The van der Waals surface area contributed by atoms with Crippen molar-refractivity contribution in [2.75, 3.05) is 25.6 Å². The molecule has 3 heterocycles. The summed E-state index contributed by atoms with van der Waals surface area (Å²) in [6.07, 6.45) is 11.2. The first kappa shape index (κ1) is 64.4. The van der Waals surface area contributed by atoms with E-state index >= 15 is 0 Å². The Morgan fingerprint density at radius 3 is 2.11 bits per heavy atom. The molecule has 1 fully saturated rings. The Morgan fingerprint density at radius 2 is 1.48 bits per heavy atom. The van der Waals surface area contributed by atoms with Crippen molar-refractivity contribution in [3.8, 4) is 0 Å². The van der Waals surface area contributed by atoms with Crippen molar-refractivity contribution >= 4 is 33.4 Å². The largest absolute Gasteiger partial charge is 0.481 e. The zero-order chi connectivity index (χ0) is 53.8. The number of aliphatic hydroxyl groups is 5. The number of anilines is 1. The van der Waals surface area contributed by atoms with Crippen molar-refractivity contribution in [1.29, 1.82) is 0 Å². The zero-order valence-corrected chi connectivity index (χ0v) is 45.0. The second-order valence-corrected chi connectivity index (χ2v) is 22.9. The maximum absolute atomic E-state index is 13.4. The molecule has 0 aromatic carbocycles. The van der Waals surface area contributed by atoms with Gasteiger partial charge in [0.1, 0.15) is 30.9 Å². The van der Waals surface area contributed by atoms with Crippen LogP contribution >= 0.6 is 15.6 Å². The standard InChI is InChI=1S/C50H87N3O18P2/c1-4-5-18-24-37(54)28-29-39-41(55)32-42(56)40-25-20-16-17-22-27-46(58)69-38(33-66-45(57)26-21-15-13-11-9-7-6-8-10-12-14-19-23-36(2)3)34-67-72(62,63)71-73(64,65)68-35-43(48(60)47(39)59)70-49(40)53-31-30-44(51)52-50(53)61/h16,20,28-31,36-43,47-49,54-56,59-60H,4-15,17-19,21-27,32-35H2,1-3H3,(H,62,63)(H,64,65)(H2,51,52,61)/b20-16?,29-28-/t37-,38+,39-,40-,41+,42-,43+,47-,48+,49+/m0/s1. The number of rotatable bonds is 24. The number of esters is 2. The number of carbonyl (C=O) groups excluding carboxylic acids is 2. The van der Waals surface area contributed by atoms with E-state index in [9.17, 15) is 58.8 Å². The van der Waals surface area contributed by atoms with Crippen molar-refractivity contribution in [1.82, 2.24) is 9.55 Å². The van der Waals surface area contributed by atoms with Gasteiger partial charge < -0.3 is 55.3 Å². The molecular weight excluding hydrogens is 993 g/mol. The molecule has 2 aliphatic heterocycles. The number of phosphoric acid groups is 2. The van der Waals surface area contributed by atoms with Crippen LogP contribution in [0.1, 0.15) is 175 Å². The van der Waals surface area contributed by atoms with Gasteiger partial charge in [0.05, 0.1) is 37.6 Å². The van der Waals surface area contributed by atoms with E-state index in [2.05, 4.69) is 23.1 Å². The molecule has 23 heteroatoms. The second-order valence-electron chi connectivity index (χ2n) is 19.8. The van der Waals surface area contributed by atoms with Crippen LogP contribution in [0.25, 0.3) is 0 Å². The van der Waals surface area contributed by atoms with Crippen LogP contribution in [0.4, 0.5) is 5.82 Å². The molecule has 73 heavy (non-hydrogen) atoms. The van der Waals surface area contributed by atoms with E-state index in [1.54, 1.807) is 12.2 Å². The number of hydrogen-bond acceptors (Lipinski definition) is 18. The van der Waals surface area contributed by atoms with Crippen LogP contribution < -0.4 is 11.4 Å². The van der Waals surface area contributed by atoms with Crippen LogP contribution in [0, 0.1) is 17.8 Å². The summed E-state index contributed by atoms with van der Waals surface area (Å²) in [6, 6.07) is 1.25. The summed E-state index contributed by atoms with van der Waals surface area (Å²) in [5.74, 6) is -3.36. The SMILES string of the molecule is CCCCC[C@H](O)/C=C\[C@@H]1[C@H](O)[C@H](O)[C@H]2COP(=O)(O)OP(=O)(O)OC[C@@H](COC(=O)CCCCCCCCCCCCCCC(C)C)OC(=O)CCCC=CC[C@H]([C@H](n3ccc(N)nc3=O)O2)[C@@H](O)C[C@H]1O. The normalized spacial score (nSPS) is 30.0. The summed E-state index contributed by atoms with van der Waals surface area (Å²) in [7, 11) is -11.3. The van der Waals surface area contributed by atoms with Crippen LogP contribution in [0.2, 0.25) is 0 Å². The highest BCUT2D eigenvalue weighted by molar-refractivity contribution is 7.61. The van der Waals surface area contributed by atoms with E-state index in [4.69, 9.17) is 29.0 Å². The topological polar surface area (TPSA) is 326 Å². The molecule has 0 spiro atoms. The van der Waals surface area contributed by atoms with Crippen LogP contribution in [-0.4, -0.2) is 119 Å². The predicted molar refractivity (Wildman–Crippen MR) is 272 cm³/mol. The van der Waals surface area contributed by atoms with Crippen molar-refractivity contribution in [3.05, 3.63) is 47.1 Å². The van der Waals surface area contributed by atoms with Gasteiger partial charge in [-0.05, 0) is 44.1 Å². The van der Waals surface area contributed by atoms with E-state index in [1.165, 1.54) is 75.8 Å². The number of fused-ring (bicyclic) bond motifs is 3. The molecule has 1 aromatic rings. The molecule has 9 N–H and O–H groups in total. The monoisotopic (exact) mass is 1080 g/mol. The van der Waals surface area contributed by atoms with Gasteiger partial charge in [0.15, 0.2) is 6.10 Å². The maximum Gasteiger partial charge on any atom is 0.481 e. The molecule has 420 valence electrons. The molecule has 12 atom stereocenters. The van der Waals surface area contributed by atoms with Crippen molar-refractivity contribution < 1.29 is 81.6 Å². The summed E-state index contributed by atoms with van der Waals surface area (Å²) >= 11 is 0. The number of ether oxygens (including phenoxy) is 3. The smallest absolute Gasteiger partial charge is 0.462 e. The van der Waals surface area contributed by atoms with E-state index in [1.807, 2.05) is 6.92 Å². The maximum atomic E-state index is 13.4. The van der Waals surface area contributed by atoms with Crippen molar-refractivity contribution in [2.24, 2.45) is 17.8 Å². The number of unbranched alkanes of at least 4 members (excludes halogenated alkanes) is 13. The minimum absolute atomic E-state index is 0.0816. The molecular formula is C50H87N3O18P2. The Kier molecular flexibility index (Phi) is 30.6. The Morgan fingerprint density at radius 1 is 0.863 bits per heavy atom. The van der Waals surface area contributed by atoms with Gasteiger partial charge in [-0.15, -0.1) is 0 Å². The third kappa shape index (κ3) is 26.2. The Balaban J connectivity index is 1.77. The quantitative estimate of drug-likeness (QED) is 0.0219. The Bertz CT molecular complexity index is 1960. The summed E-state index contributed by atoms with van der Waals surface area (Å²) in [6.45, 7) is 3.81. The number of nitrogens with zero attached hydrogens (tertiary/aromatic N) is 2. The second kappa shape index (κ2) is 34.7. The number of aliphatic hydroxyl groups excluding tert-OH is 5. The molecule has 1 saturated heterocycles. The van der Waals surface area contributed by atoms with E-state index in [-0.39, 0.29) is 37.9 Å². The van der Waals surface area contributed by atoms with Crippen molar-refractivity contribution in [2.45, 2.75) is 217 Å². The molecule has 0 amide bonds. The number of nitrogens with two attached hydrogens (primary N) is 1. The van der Waals surface area contributed by atoms with Crippen LogP contribution in [0.15, 0.2) is 41.4 Å². The van der Waals surface area contributed by atoms with Gasteiger partial charge in [0.2, 0.25) is 0 Å². The van der Waals surface area contributed by atoms with Crippen LogP contribution in [-0.2, 0) is 46.3 Å². The summed E-state index contributed by atoms with van der Waals surface area (Å²) in [4.78, 5) is 64.1. The number of nitrogen functional groups attached to an aromatic ring is 1. The fourth-order valence-corrected chi connectivity index (χ4v) is 10.9. The fraction of sp³-hybridized carbons (Fsp3) is 0.800. The lowest BCUT2D eigenvalue weighted by Gasteiger charge is -2.40. The van der Waals surface area contributed by atoms with Crippen molar-refractivity contribution in [3.63, 3.8) is 0 Å². The lowest BCUT2D eigenvalue weighted by atomic mass is 9.82. The minimum Gasteiger partial charge on any atom is -0.462 e. The first-order chi connectivity index (χ1) is 34.7. The van der Waals surface area contributed by atoms with E-state index in [0.29, 0.717) is 19.3 Å². The lowest BCUT2D eigenvalue weighted by Crippen LogP contribution is -2.52. The zero-order valence-electron chi connectivity index (χ0n) is 43.2. The molecule has 2 aliphatic rings. The van der Waals surface area contributed by atoms with Gasteiger partial charge in [-0.25, -0.2) is 13.9 Å². The van der Waals surface area contributed by atoms with Gasteiger partial charge in [0, 0.05) is 37.3 Å². The van der Waals surface area contributed by atoms with E-state index < -0.39 is 120 Å². The van der Waals surface area contributed by atoms with Gasteiger partial charge in [0.25, 0.3) is 0 Å². The molecule has 3 rings (SSSR count). The molecule has 0 saturated carbocycles. The van der Waals surface area contributed by atoms with Gasteiger partial charge >= 0.3 is 33.3 Å². The third-order valence-electron chi connectivity index (χ3n) is 13.0. The Hall–Kier alpha value is -2.88. The molecule has 2 bridgehead atoms. The van der Waals surface area contributed by atoms with Gasteiger partial charge in [-0.3, -0.25) is 23.2 Å². The van der Waals surface area contributed by atoms with Gasteiger partial charge in [-0.1, -0.05) is 141 Å². The number of hydrogen-bond donors (Lipinski definition) is 8. The van der Waals surface area contributed by atoms with Crippen LogP contribution in [0.3, 0.4) is 0 Å². The minimum atomic E-state index is -5.70. The first-order valence-corrected chi connectivity index (χ1v) is 29.5. The number of cyclic esters (lactones) is 1. The molecule has 0 radical (unpaired) electrons.